The Morgan fingerprint density at radius 2 is 2.20 bits per heavy atom. The summed E-state index contributed by atoms with van der Waals surface area (Å²) in [5, 5.41) is 2.62. The minimum Gasteiger partial charge on any atom is -0.398 e. The number of benzene rings is 1. The number of nitrogen functional groups attached to an aromatic ring is 1. The topological polar surface area (TPSA) is 85.1 Å². The second-order valence-corrected chi connectivity index (χ2v) is 7.64. The largest absolute Gasteiger partial charge is 0.398 e. The molecule has 3 N–H and O–H groups in total. The SMILES string of the molecule is Cc1nc(CNS(=O)(=O)c2cc(Br)c(F)cc2N)cs1. The second kappa shape index (κ2) is 5.76. The van der Waals surface area contributed by atoms with Gasteiger partial charge in [-0.3, -0.25) is 0 Å². The minimum absolute atomic E-state index is 0.0385. The molecule has 0 bridgehead atoms. The number of nitrogens with zero attached hydrogens (tertiary/aromatic N) is 1. The summed E-state index contributed by atoms with van der Waals surface area (Å²) in [5.41, 5.74) is 6.03. The third-order valence-electron chi connectivity index (χ3n) is 2.45. The van der Waals surface area contributed by atoms with E-state index >= 15 is 0 Å². The lowest BCUT2D eigenvalue weighted by Gasteiger charge is -2.09. The summed E-state index contributed by atoms with van der Waals surface area (Å²) in [4.78, 5) is 3.98. The van der Waals surface area contributed by atoms with Crippen molar-refractivity contribution >= 4 is 43.0 Å². The van der Waals surface area contributed by atoms with Crippen molar-refractivity contribution in [3.63, 3.8) is 0 Å². The fraction of sp³-hybridized carbons (Fsp3) is 0.182. The molecule has 20 heavy (non-hydrogen) atoms. The van der Waals surface area contributed by atoms with Gasteiger partial charge >= 0.3 is 0 Å². The molecule has 0 saturated carbocycles. The summed E-state index contributed by atoms with van der Waals surface area (Å²) in [7, 11) is -3.83. The van der Waals surface area contributed by atoms with E-state index in [1.165, 1.54) is 11.3 Å². The van der Waals surface area contributed by atoms with Gasteiger partial charge in [0.25, 0.3) is 0 Å². The molecule has 0 spiro atoms. The van der Waals surface area contributed by atoms with Crippen LogP contribution < -0.4 is 10.5 Å². The molecule has 5 nitrogen and oxygen atoms in total. The number of halogens is 2. The van der Waals surface area contributed by atoms with Crippen LogP contribution in [0.4, 0.5) is 10.1 Å². The van der Waals surface area contributed by atoms with E-state index in [1.807, 2.05) is 6.92 Å². The second-order valence-electron chi connectivity index (χ2n) is 3.99. The van der Waals surface area contributed by atoms with Crippen LogP contribution in [0.5, 0.6) is 0 Å². The fourth-order valence-electron chi connectivity index (χ4n) is 1.51. The molecule has 1 heterocycles. The average molecular weight is 380 g/mol. The van der Waals surface area contributed by atoms with E-state index in [1.54, 1.807) is 5.38 Å². The van der Waals surface area contributed by atoms with Crippen LogP contribution in [-0.4, -0.2) is 13.4 Å². The van der Waals surface area contributed by atoms with Gasteiger partial charge in [0.1, 0.15) is 10.7 Å². The van der Waals surface area contributed by atoms with Crippen LogP contribution in [0.1, 0.15) is 10.7 Å². The van der Waals surface area contributed by atoms with Crippen LogP contribution in [0.15, 0.2) is 26.9 Å². The van der Waals surface area contributed by atoms with E-state index in [9.17, 15) is 12.8 Å². The molecule has 0 amide bonds. The highest BCUT2D eigenvalue weighted by Gasteiger charge is 2.19. The molecule has 9 heteroatoms. The first kappa shape index (κ1) is 15.4. The summed E-state index contributed by atoms with van der Waals surface area (Å²) in [6, 6.07) is 2.10. The fourth-order valence-corrected chi connectivity index (χ4v) is 3.76. The van der Waals surface area contributed by atoms with Gasteiger partial charge in [0, 0.05) is 5.38 Å². The van der Waals surface area contributed by atoms with Gasteiger partial charge in [0.05, 0.1) is 27.4 Å². The number of aryl methyl sites for hydroxylation is 1. The number of sulfonamides is 1. The van der Waals surface area contributed by atoms with Crippen molar-refractivity contribution in [1.29, 1.82) is 0 Å². The Morgan fingerprint density at radius 3 is 2.80 bits per heavy atom. The first-order chi connectivity index (χ1) is 9.29. The Balaban J connectivity index is 2.24. The average Bonchev–Trinajstić information content (AvgIpc) is 2.77. The van der Waals surface area contributed by atoms with Crippen molar-refractivity contribution in [2.24, 2.45) is 0 Å². The third kappa shape index (κ3) is 3.35. The maximum Gasteiger partial charge on any atom is 0.243 e. The van der Waals surface area contributed by atoms with Crippen LogP contribution in [-0.2, 0) is 16.6 Å². The molecule has 108 valence electrons. The molecule has 0 unspecified atom stereocenters. The summed E-state index contributed by atoms with van der Waals surface area (Å²) >= 11 is 4.37. The van der Waals surface area contributed by atoms with Crippen LogP contribution in [0, 0.1) is 12.7 Å². The zero-order valence-corrected chi connectivity index (χ0v) is 13.6. The van der Waals surface area contributed by atoms with Crippen LogP contribution in [0.3, 0.4) is 0 Å². The van der Waals surface area contributed by atoms with E-state index < -0.39 is 15.8 Å². The Morgan fingerprint density at radius 1 is 1.50 bits per heavy atom. The van der Waals surface area contributed by atoms with Crippen LogP contribution in [0.2, 0.25) is 0 Å². The smallest absolute Gasteiger partial charge is 0.243 e. The molecule has 1 aromatic carbocycles. The summed E-state index contributed by atoms with van der Waals surface area (Å²) in [5.74, 6) is -0.614. The van der Waals surface area contributed by atoms with Gasteiger partial charge in [-0.25, -0.2) is 22.5 Å². The molecule has 0 aliphatic carbocycles. The molecular formula is C11H11BrFN3O2S2. The highest BCUT2D eigenvalue weighted by Crippen LogP contribution is 2.26. The summed E-state index contributed by atoms with van der Waals surface area (Å²) < 4.78 is 40.0. The number of anilines is 1. The summed E-state index contributed by atoms with van der Waals surface area (Å²) in [6.07, 6.45) is 0. The molecule has 0 aliphatic rings. The molecule has 2 rings (SSSR count). The van der Waals surface area contributed by atoms with E-state index in [-0.39, 0.29) is 21.6 Å². The molecule has 0 atom stereocenters. The first-order valence-corrected chi connectivity index (χ1v) is 8.60. The van der Waals surface area contributed by atoms with Gasteiger partial charge in [-0.2, -0.15) is 0 Å². The first-order valence-electron chi connectivity index (χ1n) is 5.45. The van der Waals surface area contributed by atoms with Crippen molar-refractivity contribution < 1.29 is 12.8 Å². The third-order valence-corrected chi connectivity index (χ3v) is 5.34. The van der Waals surface area contributed by atoms with Crippen molar-refractivity contribution in [3.8, 4) is 0 Å². The Labute approximate surface area is 128 Å². The Kier molecular flexibility index (Phi) is 4.43. The summed E-state index contributed by atoms with van der Waals surface area (Å²) in [6.45, 7) is 1.89. The Hall–Kier alpha value is -1.03. The highest BCUT2D eigenvalue weighted by atomic mass is 79.9. The predicted molar refractivity (Wildman–Crippen MR) is 79.4 cm³/mol. The Bertz CT molecular complexity index is 746. The van der Waals surface area contributed by atoms with Crippen molar-refractivity contribution in [1.82, 2.24) is 9.71 Å². The maximum atomic E-state index is 13.3. The van der Waals surface area contributed by atoms with Crippen LogP contribution >= 0.6 is 27.3 Å². The number of aromatic nitrogens is 1. The van der Waals surface area contributed by atoms with Crippen LogP contribution in [0.25, 0.3) is 0 Å². The van der Waals surface area contributed by atoms with Gasteiger partial charge in [0.15, 0.2) is 0 Å². The van der Waals surface area contributed by atoms with Gasteiger partial charge in [-0.05, 0) is 35.0 Å². The standard InChI is InChI=1S/C11H11BrFN3O2S2/c1-6-16-7(5-19-6)4-15-20(17,18)11-2-8(12)9(13)3-10(11)14/h2-3,5,15H,4,14H2,1H3. The number of nitrogens with one attached hydrogen (secondary N) is 1. The number of thiazole rings is 1. The number of nitrogens with two attached hydrogens (primary N) is 1. The predicted octanol–water partition coefficient (Wildman–Crippen LogP) is 2.41. The molecule has 0 radical (unpaired) electrons. The monoisotopic (exact) mass is 379 g/mol. The molecule has 0 saturated heterocycles. The van der Waals surface area contributed by atoms with Gasteiger partial charge < -0.3 is 5.73 Å². The maximum absolute atomic E-state index is 13.3. The van der Waals surface area contributed by atoms with Crippen molar-refractivity contribution in [2.45, 2.75) is 18.4 Å². The van der Waals surface area contributed by atoms with E-state index in [4.69, 9.17) is 5.73 Å². The van der Waals surface area contributed by atoms with Gasteiger partial charge in [0.2, 0.25) is 10.0 Å². The number of hydrogen-bond donors (Lipinski definition) is 2. The normalized spacial score (nSPS) is 11.8. The lowest BCUT2D eigenvalue weighted by molar-refractivity contribution is 0.580. The lowest BCUT2D eigenvalue weighted by Crippen LogP contribution is -2.24. The van der Waals surface area contributed by atoms with Crippen molar-refractivity contribution in [2.75, 3.05) is 5.73 Å². The minimum atomic E-state index is -3.83. The van der Waals surface area contributed by atoms with Gasteiger partial charge in [-0.15, -0.1) is 11.3 Å². The van der Waals surface area contributed by atoms with Gasteiger partial charge in [-0.1, -0.05) is 0 Å². The van der Waals surface area contributed by atoms with Crippen molar-refractivity contribution in [3.05, 3.63) is 38.5 Å². The molecule has 1 aromatic heterocycles. The highest BCUT2D eigenvalue weighted by molar-refractivity contribution is 9.10. The zero-order chi connectivity index (χ0) is 14.9. The molecule has 0 fully saturated rings. The molecule has 0 aliphatic heterocycles. The number of hydrogen-bond acceptors (Lipinski definition) is 5. The van der Waals surface area contributed by atoms with E-state index in [2.05, 4.69) is 25.6 Å². The van der Waals surface area contributed by atoms with E-state index in [0.717, 1.165) is 17.1 Å². The van der Waals surface area contributed by atoms with E-state index in [0.29, 0.717) is 5.69 Å². The quantitative estimate of drug-likeness (QED) is 0.798. The molecular weight excluding hydrogens is 369 g/mol. The zero-order valence-electron chi connectivity index (χ0n) is 10.4. The lowest BCUT2D eigenvalue weighted by atomic mass is 10.3. The number of rotatable bonds is 4. The molecule has 2 aromatic rings.